The SMILES string of the molecule is Cc1cc(C)cc(N2CC(C)Oc3ccccc32)c1. The molecule has 0 aromatic heterocycles. The molecule has 0 amide bonds. The fraction of sp³-hybridized carbons (Fsp3) is 0.294. The second-order valence-electron chi connectivity index (χ2n) is 5.35. The van der Waals surface area contributed by atoms with E-state index in [1.807, 2.05) is 12.1 Å². The summed E-state index contributed by atoms with van der Waals surface area (Å²) in [6, 6.07) is 14.9. The van der Waals surface area contributed by atoms with Gasteiger partial charge >= 0.3 is 0 Å². The molecule has 1 heterocycles. The van der Waals surface area contributed by atoms with Crippen LogP contribution >= 0.6 is 0 Å². The van der Waals surface area contributed by atoms with Crippen LogP contribution in [0.5, 0.6) is 5.75 Å². The van der Waals surface area contributed by atoms with Crippen LogP contribution in [-0.2, 0) is 0 Å². The van der Waals surface area contributed by atoms with Gasteiger partial charge in [-0.3, -0.25) is 0 Å². The number of anilines is 2. The third-order valence-electron chi connectivity index (χ3n) is 3.44. The Morgan fingerprint density at radius 3 is 2.47 bits per heavy atom. The minimum atomic E-state index is 0.204. The molecule has 0 N–H and O–H groups in total. The largest absolute Gasteiger partial charge is 0.487 e. The average molecular weight is 253 g/mol. The molecule has 1 aliphatic heterocycles. The molecule has 1 aliphatic rings. The Morgan fingerprint density at radius 2 is 1.74 bits per heavy atom. The van der Waals surface area contributed by atoms with Crippen LogP contribution in [-0.4, -0.2) is 12.6 Å². The van der Waals surface area contributed by atoms with E-state index < -0.39 is 0 Å². The normalized spacial score (nSPS) is 17.8. The monoisotopic (exact) mass is 253 g/mol. The Labute approximate surface area is 114 Å². The minimum absolute atomic E-state index is 0.204. The van der Waals surface area contributed by atoms with Crippen LogP contribution < -0.4 is 9.64 Å². The van der Waals surface area contributed by atoms with Crippen molar-refractivity contribution in [3.05, 3.63) is 53.6 Å². The molecular formula is C17H19NO. The minimum Gasteiger partial charge on any atom is -0.487 e. The Kier molecular flexibility index (Phi) is 2.94. The number of benzene rings is 2. The molecule has 19 heavy (non-hydrogen) atoms. The number of fused-ring (bicyclic) bond motifs is 1. The van der Waals surface area contributed by atoms with Gasteiger partial charge in [0.25, 0.3) is 0 Å². The molecule has 3 rings (SSSR count). The first-order valence-electron chi connectivity index (χ1n) is 6.75. The summed E-state index contributed by atoms with van der Waals surface area (Å²) in [7, 11) is 0. The van der Waals surface area contributed by atoms with E-state index >= 15 is 0 Å². The fourth-order valence-electron chi connectivity index (χ4n) is 2.74. The Balaban J connectivity index is 2.09. The Morgan fingerprint density at radius 1 is 1.05 bits per heavy atom. The van der Waals surface area contributed by atoms with Gasteiger partial charge in [-0.05, 0) is 56.2 Å². The lowest BCUT2D eigenvalue weighted by Gasteiger charge is -2.35. The first-order chi connectivity index (χ1) is 9.13. The topological polar surface area (TPSA) is 12.5 Å². The lowest BCUT2D eigenvalue weighted by molar-refractivity contribution is 0.218. The van der Waals surface area contributed by atoms with E-state index in [9.17, 15) is 0 Å². The van der Waals surface area contributed by atoms with Gasteiger partial charge in [-0.1, -0.05) is 18.2 Å². The zero-order valence-corrected chi connectivity index (χ0v) is 11.7. The smallest absolute Gasteiger partial charge is 0.143 e. The van der Waals surface area contributed by atoms with E-state index in [2.05, 4.69) is 56.0 Å². The molecular weight excluding hydrogens is 234 g/mol. The first-order valence-corrected chi connectivity index (χ1v) is 6.75. The molecule has 2 aromatic rings. The molecule has 0 fully saturated rings. The molecule has 2 aromatic carbocycles. The molecule has 0 aliphatic carbocycles. The van der Waals surface area contributed by atoms with Gasteiger partial charge in [0.2, 0.25) is 0 Å². The number of hydrogen-bond donors (Lipinski definition) is 0. The second-order valence-corrected chi connectivity index (χ2v) is 5.35. The molecule has 1 unspecified atom stereocenters. The maximum absolute atomic E-state index is 5.90. The Hall–Kier alpha value is -1.96. The van der Waals surface area contributed by atoms with Crippen LogP contribution in [0.3, 0.4) is 0 Å². The van der Waals surface area contributed by atoms with Gasteiger partial charge in [-0.2, -0.15) is 0 Å². The first kappa shape index (κ1) is 12.1. The number of para-hydroxylation sites is 2. The molecule has 2 heteroatoms. The molecule has 1 atom stereocenters. The maximum atomic E-state index is 5.90. The van der Waals surface area contributed by atoms with Crippen molar-refractivity contribution < 1.29 is 4.74 Å². The Bertz CT molecular complexity index is 586. The summed E-state index contributed by atoms with van der Waals surface area (Å²) in [5.74, 6) is 0.973. The molecule has 0 radical (unpaired) electrons. The molecule has 0 spiro atoms. The van der Waals surface area contributed by atoms with E-state index in [4.69, 9.17) is 4.74 Å². The summed E-state index contributed by atoms with van der Waals surface area (Å²) in [5, 5.41) is 0. The number of rotatable bonds is 1. The van der Waals surface area contributed by atoms with Gasteiger partial charge in [-0.15, -0.1) is 0 Å². The van der Waals surface area contributed by atoms with E-state index in [-0.39, 0.29) is 6.10 Å². The molecule has 0 bridgehead atoms. The highest BCUT2D eigenvalue weighted by molar-refractivity contribution is 5.71. The molecule has 98 valence electrons. The highest BCUT2D eigenvalue weighted by Gasteiger charge is 2.23. The van der Waals surface area contributed by atoms with Crippen molar-refractivity contribution in [3.8, 4) is 5.75 Å². The van der Waals surface area contributed by atoms with E-state index in [1.54, 1.807) is 0 Å². The summed E-state index contributed by atoms with van der Waals surface area (Å²) in [6.45, 7) is 7.30. The standard InChI is InChI=1S/C17H19NO/c1-12-8-13(2)10-15(9-12)18-11-14(3)19-17-7-5-4-6-16(17)18/h4-10,14H,11H2,1-3H3. The summed E-state index contributed by atoms with van der Waals surface area (Å²) in [6.07, 6.45) is 0.204. The van der Waals surface area contributed by atoms with Crippen molar-refractivity contribution in [2.24, 2.45) is 0 Å². The van der Waals surface area contributed by atoms with Gasteiger partial charge in [0, 0.05) is 5.69 Å². The van der Waals surface area contributed by atoms with Crippen molar-refractivity contribution >= 4 is 11.4 Å². The number of nitrogens with zero attached hydrogens (tertiary/aromatic N) is 1. The van der Waals surface area contributed by atoms with Crippen molar-refractivity contribution in [1.29, 1.82) is 0 Å². The summed E-state index contributed by atoms with van der Waals surface area (Å²) < 4.78 is 5.90. The fourth-order valence-corrected chi connectivity index (χ4v) is 2.74. The van der Waals surface area contributed by atoms with Gasteiger partial charge in [0.1, 0.15) is 11.9 Å². The van der Waals surface area contributed by atoms with Crippen molar-refractivity contribution in [2.45, 2.75) is 26.9 Å². The van der Waals surface area contributed by atoms with Gasteiger partial charge in [0.05, 0.1) is 12.2 Å². The summed E-state index contributed by atoms with van der Waals surface area (Å²) >= 11 is 0. The summed E-state index contributed by atoms with van der Waals surface area (Å²) in [5.41, 5.74) is 5.00. The molecule has 0 saturated carbocycles. The maximum Gasteiger partial charge on any atom is 0.143 e. The van der Waals surface area contributed by atoms with Crippen LogP contribution in [0.25, 0.3) is 0 Å². The van der Waals surface area contributed by atoms with Crippen LogP contribution in [0.1, 0.15) is 18.1 Å². The van der Waals surface area contributed by atoms with Gasteiger partial charge in [0.15, 0.2) is 0 Å². The van der Waals surface area contributed by atoms with Crippen molar-refractivity contribution in [1.82, 2.24) is 0 Å². The number of ether oxygens (including phenoxy) is 1. The van der Waals surface area contributed by atoms with Gasteiger partial charge < -0.3 is 9.64 Å². The number of hydrogen-bond acceptors (Lipinski definition) is 2. The van der Waals surface area contributed by atoms with E-state index in [0.29, 0.717) is 0 Å². The van der Waals surface area contributed by atoms with Crippen LogP contribution in [0.4, 0.5) is 11.4 Å². The highest BCUT2D eigenvalue weighted by Crippen LogP contribution is 2.38. The van der Waals surface area contributed by atoms with Crippen molar-refractivity contribution in [3.63, 3.8) is 0 Å². The zero-order valence-electron chi connectivity index (χ0n) is 11.7. The average Bonchev–Trinajstić information content (AvgIpc) is 2.36. The lowest BCUT2D eigenvalue weighted by atomic mass is 10.1. The predicted molar refractivity (Wildman–Crippen MR) is 79.5 cm³/mol. The third-order valence-corrected chi connectivity index (χ3v) is 3.44. The second kappa shape index (κ2) is 4.61. The van der Waals surface area contributed by atoms with Crippen LogP contribution in [0.15, 0.2) is 42.5 Å². The lowest BCUT2D eigenvalue weighted by Crippen LogP contribution is -2.35. The third kappa shape index (κ3) is 2.30. The predicted octanol–water partition coefficient (Wildman–Crippen LogP) is 4.22. The highest BCUT2D eigenvalue weighted by atomic mass is 16.5. The van der Waals surface area contributed by atoms with E-state index in [1.165, 1.54) is 16.8 Å². The van der Waals surface area contributed by atoms with Crippen molar-refractivity contribution in [2.75, 3.05) is 11.4 Å². The van der Waals surface area contributed by atoms with E-state index in [0.717, 1.165) is 18.0 Å². The zero-order chi connectivity index (χ0) is 13.4. The van der Waals surface area contributed by atoms with Gasteiger partial charge in [-0.25, -0.2) is 0 Å². The van der Waals surface area contributed by atoms with Crippen LogP contribution in [0.2, 0.25) is 0 Å². The molecule has 2 nitrogen and oxygen atoms in total. The number of aryl methyl sites for hydroxylation is 2. The molecule has 0 saturated heterocycles. The van der Waals surface area contributed by atoms with Crippen LogP contribution in [0, 0.1) is 13.8 Å². The quantitative estimate of drug-likeness (QED) is 0.754. The summed E-state index contributed by atoms with van der Waals surface area (Å²) in [4.78, 5) is 2.35.